The number of aliphatic carboxylic acids is 1. The van der Waals surface area contributed by atoms with Crippen molar-refractivity contribution in [2.24, 2.45) is 0 Å². The second-order valence-electron chi connectivity index (χ2n) is 3.42. The van der Waals surface area contributed by atoms with E-state index >= 15 is 0 Å². The summed E-state index contributed by atoms with van der Waals surface area (Å²) in [7, 11) is 1.46. The van der Waals surface area contributed by atoms with Gasteiger partial charge < -0.3 is 14.7 Å². The topological polar surface area (TPSA) is 66.8 Å². The summed E-state index contributed by atoms with van der Waals surface area (Å²) in [6.07, 6.45) is 1.92. The summed E-state index contributed by atoms with van der Waals surface area (Å²) in [5.74, 6) is -1.32. The van der Waals surface area contributed by atoms with Crippen LogP contribution >= 0.6 is 0 Å². The third-order valence-electron chi connectivity index (χ3n) is 2.20. The zero-order valence-electron chi connectivity index (χ0n) is 9.52. The standard InChI is InChI=1S/C10H19NO4/c1-4-5-6-15-7-9(12)11(3)8(2)10(13)14/h8H,4-7H2,1-3H3,(H,13,14). The van der Waals surface area contributed by atoms with Crippen LogP contribution in [-0.4, -0.2) is 48.2 Å². The maximum Gasteiger partial charge on any atom is 0.326 e. The highest BCUT2D eigenvalue weighted by molar-refractivity contribution is 5.83. The van der Waals surface area contributed by atoms with E-state index in [0.717, 1.165) is 12.8 Å². The van der Waals surface area contributed by atoms with Gasteiger partial charge in [-0.25, -0.2) is 4.79 Å². The first-order valence-corrected chi connectivity index (χ1v) is 5.06. The van der Waals surface area contributed by atoms with E-state index in [9.17, 15) is 9.59 Å². The number of unbranched alkanes of at least 4 members (excludes halogenated alkanes) is 1. The van der Waals surface area contributed by atoms with Gasteiger partial charge in [-0.1, -0.05) is 13.3 Å². The van der Waals surface area contributed by atoms with Gasteiger partial charge in [0.05, 0.1) is 0 Å². The molecule has 0 aromatic carbocycles. The van der Waals surface area contributed by atoms with E-state index in [2.05, 4.69) is 0 Å². The van der Waals surface area contributed by atoms with E-state index in [1.807, 2.05) is 6.92 Å². The first-order chi connectivity index (χ1) is 7.00. The minimum absolute atomic E-state index is 0.0475. The average molecular weight is 217 g/mol. The summed E-state index contributed by atoms with van der Waals surface area (Å²) in [5, 5.41) is 8.68. The van der Waals surface area contributed by atoms with Crippen LogP contribution in [0.3, 0.4) is 0 Å². The summed E-state index contributed by atoms with van der Waals surface area (Å²) in [6.45, 7) is 3.99. The highest BCUT2D eigenvalue weighted by atomic mass is 16.5. The predicted octanol–water partition coefficient (Wildman–Crippen LogP) is 0.735. The van der Waals surface area contributed by atoms with E-state index in [4.69, 9.17) is 9.84 Å². The van der Waals surface area contributed by atoms with Crippen molar-refractivity contribution < 1.29 is 19.4 Å². The molecule has 5 heteroatoms. The Morgan fingerprint density at radius 1 is 1.47 bits per heavy atom. The number of carbonyl (C=O) groups excluding carboxylic acids is 1. The van der Waals surface area contributed by atoms with Gasteiger partial charge in [-0.05, 0) is 13.3 Å². The fourth-order valence-corrected chi connectivity index (χ4v) is 0.889. The number of nitrogens with zero attached hydrogens (tertiary/aromatic N) is 1. The summed E-state index contributed by atoms with van der Waals surface area (Å²) >= 11 is 0. The van der Waals surface area contributed by atoms with Crippen molar-refractivity contribution in [3.05, 3.63) is 0 Å². The van der Waals surface area contributed by atoms with Crippen LogP contribution < -0.4 is 0 Å². The highest BCUT2D eigenvalue weighted by Gasteiger charge is 2.21. The molecule has 5 nitrogen and oxygen atoms in total. The molecule has 0 saturated heterocycles. The Morgan fingerprint density at radius 2 is 2.07 bits per heavy atom. The van der Waals surface area contributed by atoms with Gasteiger partial charge in [0.2, 0.25) is 5.91 Å². The highest BCUT2D eigenvalue weighted by Crippen LogP contribution is 1.97. The van der Waals surface area contributed by atoms with E-state index < -0.39 is 12.0 Å². The fourth-order valence-electron chi connectivity index (χ4n) is 0.889. The second-order valence-corrected chi connectivity index (χ2v) is 3.42. The molecule has 0 aliphatic rings. The number of rotatable bonds is 7. The lowest BCUT2D eigenvalue weighted by Gasteiger charge is -2.21. The van der Waals surface area contributed by atoms with Crippen LogP contribution in [-0.2, 0) is 14.3 Å². The number of carbonyl (C=O) groups is 2. The number of hydrogen-bond acceptors (Lipinski definition) is 3. The Kier molecular flexibility index (Phi) is 6.70. The van der Waals surface area contributed by atoms with Crippen LogP contribution in [0.4, 0.5) is 0 Å². The van der Waals surface area contributed by atoms with Crippen LogP contribution in [0, 0.1) is 0 Å². The molecule has 0 fully saturated rings. The quantitative estimate of drug-likeness (QED) is 0.638. The minimum atomic E-state index is -1.01. The van der Waals surface area contributed by atoms with Crippen molar-refractivity contribution >= 4 is 11.9 Å². The van der Waals surface area contributed by atoms with Gasteiger partial charge in [-0.2, -0.15) is 0 Å². The van der Waals surface area contributed by atoms with Crippen molar-refractivity contribution in [2.75, 3.05) is 20.3 Å². The van der Waals surface area contributed by atoms with E-state index in [1.165, 1.54) is 18.9 Å². The monoisotopic (exact) mass is 217 g/mol. The van der Waals surface area contributed by atoms with Gasteiger partial charge in [-0.3, -0.25) is 4.79 Å². The van der Waals surface area contributed by atoms with Crippen LogP contribution in [0.5, 0.6) is 0 Å². The smallest absolute Gasteiger partial charge is 0.326 e. The van der Waals surface area contributed by atoms with E-state index in [1.54, 1.807) is 0 Å². The van der Waals surface area contributed by atoms with Crippen molar-refractivity contribution in [3.63, 3.8) is 0 Å². The molecule has 0 spiro atoms. The summed E-state index contributed by atoms with van der Waals surface area (Å²) < 4.78 is 5.10. The zero-order valence-corrected chi connectivity index (χ0v) is 9.52. The Bertz CT molecular complexity index is 217. The van der Waals surface area contributed by atoms with Gasteiger partial charge in [-0.15, -0.1) is 0 Å². The lowest BCUT2D eigenvalue weighted by atomic mass is 10.3. The van der Waals surface area contributed by atoms with Gasteiger partial charge in [0.1, 0.15) is 12.6 Å². The van der Waals surface area contributed by atoms with Gasteiger partial charge in [0.15, 0.2) is 0 Å². The molecule has 15 heavy (non-hydrogen) atoms. The van der Waals surface area contributed by atoms with Gasteiger partial charge in [0, 0.05) is 13.7 Å². The molecular weight excluding hydrogens is 198 g/mol. The molecule has 1 unspecified atom stereocenters. The maximum atomic E-state index is 11.4. The molecule has 1 amide bonds. The number of ether oxygens (including phenoxy) is 1. The number of amides is 1. The van der Waals surface area contributed by atoms with Crippen molar-refractivity contribution in [1.29, 1.82) is 0 Å². The average Bonchev–Trinajstić information content (AvgIpc) is 2.21. The minimum Gasteiger partial charge on any atom is -0.480 e. The van der Waals surface area contributed by atoms with Crippen molar-refractivity contribution in [3.8, 4) is 0 Å². The molecule has 1 N–H and O–H groups in total. The molecular formula is C10H19NO4. The Labute approximate surface area is 90.0 Å². The van der Waals surface area contributed by atoms with Crippen molar-refractivity contribution in [1.82, 2.24) is 4.90 Å². The van der Waals surface area contributed by atoms with Crippen molar-refractivity contribution in [2.45, 2.75) is 32.7 Å². The largest absolute Gasteiger partial charge is 0.480 e. The maximum absolute atomic E-state index is 11.4. The Hall–Kier alpha value is -1.10. The van der Waals surface area contributed by atoms with Crippen LogP contribution in [0.15, 0.2) is 0 Å². The third kappa shape index (κ3) is 5.37. The molecule has 0 aliphatic carbocycles. The van der Waals surface area contributed by atoms with E-state index in [-0.39, 0.29) is 12.5 Å². The first kappa shape index (κ1) is 13.9. The lowest BCUT2D eigenvalue weighted by Crippen LogP contribution is -2.42. The molecule has 0 radical (unpaired) electrons. The molecule has 0 aromatic rings. The third-order valence-corrected chi connectivity index (χ3v) is 2.20. The number of carboxylic acid groups (broad SMARTS) is 1. The summed E-state index contributed by atoms with van der Waals surface area (Å²) in [4.78, 5) is 23.2. The predicted molar refractivity (Wildman–Crippen MR) is 55.6 cm³/mol. The SMILES string of the molecule is CCCCOCC(=O)N(C)C(C)C(=O)O. The number of likely N-dealkylation sites (N-methyl/N-ethyl adjacent to an activating group) is 1. The normalized spacial score (nSPS) is 12.2. The van der Waals surface area contributed by atoms with Gasteiger partial charge >= 0.3 is 5.97 Å². The molecule has 0 aliphatic heterocycles. The van der Waals surface area contributed by atoms with Crippen LogP contribution in [0.2, 0.25) is 0 Å². The first-order valence-electron chi connectivity index (χ1n) is 5.06. The lowest BCUT2D eigenvalue weighted by molar-refractivity contribution is -0.150. The van der Waals surface area contributed by atoms with E-state index in [0.29, 0.717) is 6.61 Å². The van der Waals surface area contributed by atoms with Gasteiger partial charge in [0.25, 0.3) is 0 Å². The van der Waals surface area contributed by atoms with Crippen LogP contribution in [0.1, 0.15) is 26.7 Å². The summed E-state index contributed by atoms with van der Waals surface area (Å²) in [6, 6.07) is -0.813. The molecule has 0 rings (SSSR count). The molecule has 0 saturated carbocycles. The molecule has 0 aromatic heterocycles. The molecule has 88 valence electrons. The zero-order chi connectivity index (χ0) is 11.8. The Morgan fingerprint density at radius 3 is 2.53 bits per heavy atom. The Balaban J connectivity index is 3.84. The number of carboxylic acids is 1. The van der Waals surface area contributed by atoms with Crippen LogP contribution in [0.25, 0.3) is 0 Å². The molecule has 1 atom stereocenters. The number of hydrogen-bond donors (Lipinski definition) is 1. The summed E-state index contributed by atoms with van der Waals surface area (Å²) in [5.41, 5.74) is 0. The molecule has 0 heterocycles. The molecule has 0 bridgehead atoms. The second kappa shape index (κ2) is 7.23. The fraction of sp³-hybridized carbons (Fsp3) is 0.800.